The smallest absolute Gasteiger partial charge is 0.191 e. The molecule has 0 saturated heterocycles. The molecule has 0 bridgehead atoms. The first-order chi connectivity index (χ1) is 9.19. The number of nitrogens with one attached hydrogen (secondary N) is 2. The summed E-state index contributed by atoms with van der Waals surface area (Å²) in [5, 5.41) is 6.66. The number of halogens is 1. The van der Waals surface area contributed by atoms with Crippen LogP contribution >= 0.6 is 24.0 Å². The summed E-state index contributed by atoms with van der Waals surface area (Å²) in [4.78, 5) is 8.69. The SMILES string of the molecule is CCC(CC)CNC(=NC)NCc1cccc(C)n1.I. The Labute approximate surface area is 139 Å². The minimum atomic E-state index is 0. The second-order valence-electron chi connectivity index (χ2n) is 4.76. The molecule has 5 heteroatoms. The van der Waals surface area contributed by atoms with Gasteiger partial charge in [0.1, 0.15) is 0 Å². The van der Waals surface area contributed by atoms with E-state index in [9.17, 15) is 0 Å². The predicted octanol–water partition coefficient (Wildman–Crippen LogP) is 3.11. The third kappa shape index (κ3) is 7.07. The van der Waals surface area contributed by atoms with Crippen LogP contribution in [0.25, 0.3) is 0 Å². The number of nitrogens with zero attached hydrogens (tertiary/aromatic N) is 2. The summed E-state index contributed by atoms with van der Waals surface area (Å²) >= 11 is 0. The van der Waals surface area contributed by atoms with Crippen LogP contribution in [0.1, 0.15) is 38.1 Å². The van der Waals surface area contributed by atoms with Crippen LogP contribution in [0, 0.1) is 12.8 Å². The third-order valence-corrected chi connectivity index (χ3v) is 3.32. The molecule has 4 nitrogen and oxygen atoms in total. The van der Waals surface area contributed by atoms with Gasteiger partial charge in [0, 0.05) is 19.3 Å². The molecule has 0 saturated carbocycles. The maximum atomic E-state index is 4.46. The molecule has 0 amide bonds. The van der Waals surface area contributed by atoms with Crippen molar-refractivity contribution >= 4 is 29.9 Å². The Kier molecular flexibility index (Phi) is 10.4. The summed E-state index contributed by atoms with van der Waals surface area (Å²) in [6.45, 7) is 8.12. The fraction of sp³-hybridized carbons (Fsp3) is 0.600. The number of pyridine rings is 1. The van der Waals surface area contributed by atoms with Crippen LogP contribution in [0.3, 0.4) is 0 Å². The van der Waals surface area contributed by atoms with Gasteiger partial charge in [-0.05, 0) is 25.0 Å². The molecule has 0 fully saturated rings. The standard InChI is InChI=1S/C15H26N4.HI/c1-5-13(6-2)10-17-15(16-4)18-11-14-9-7-8-12(3)19-14;/h7-9,13H,5-6,10-11H2,1-4H3,(H2,16,17,18);1H. The second kappa shape index (κ2) is 10.9. The zero-order valence-electron chi connectivity index (χ0n) is 12.9. The van der Waals surface area contributed by atoms with Crippen LogP contribution in [0.4, 0.5) is 0 Å². The van der Waals surface area contributed by atoms with Crippen molar-refractivity contribution in [2.75, 3.05) is 13.6 Å². The van der Waals surface area contributed by atoms with Crippen molar-refractivity contribution in [3.05, 3.63) is 29.6 Å². The maximum absolute atomic E-state index is 4.46. The topological polar surface area (TPSA) is 49.3 Å². The fourth-order valence-corrected chi connectivity index (χ4v) is 1.91. The van der Waals surface area contributed by atoms with Crippen LogP contribution in [0.2, 0.25) is 0 Å². The summed E-state index contributed by atoms with van der Waals surface area (Å²) in [6.07, 6.45) is 2.39. The van der Waals surface area contributed by atoms with E-state index < -0.39 is 0 Å². The number of aromatic nitrogens is 1. The first-order valence-corrected chi connectivity index (χ1v) is 7.06. The highest BCUT2D eigenvalue weighted by Gasteiger charge is 2.05. The number of hydrogen-bond acceptors (Lipinski definition) is 2. The highest BCUT2D eigenvalue weighted by Crippen LogP contribution is 2.04. The lowest BCUT2D eigenvalue weighted by molar-refractivity contribution is 0.481. The Morgan fingerprint density at radius 2 is 1.95 bits per heavy atom. The Hall–Kier alpha value is -0.850. The van der Waals surface area contributed by atoms with Gasteiger partial charge in [-0.2, -0.15) is 0 Å². The molecule has 0 atom stereocenters. The minimum absolute atomic E-state index is 0. The van der Waals surface area contributed by atoms with Crippen LogP contribution in [-0.2, 0) is 6.54 Å². The molecule has 0 aliphatic carbocycles. The number of rotatable bonds is 6. The Morgan fingerprint density at radius 3 is 2.50 bits per heavy atom. The number of aryl methyl sites for hydroxylation is 1. The van der Waals surface area contributed by atoms with E-state index in [2.05, 4.69) is 34.5 Å². The molecule has 2 N–H and O–H groups in total. The van der Waals surface area contributed by atoms with Gasteiger partial charge < -0.3 is 10.6 Å². The van der Waals surface area contributed by atoms with E-state index in [0.29, 0.717) is 12.5 Å². The van der Waals surface area contributed by atoms with Crippen LogP contribution < -0.4 is 10.6 Å². The van der Waals surface area contributed by atoms with Gasteiger partial charge in [0.25, 0.3) is 0 Å². The summed E-state index contributed by atoms with van der Waals surface area (Å²) in [6, 6.07) is 6.05. The van der Waals surface area contributed by atoms with E-state index in [1.807, 2.05) is 25.1 Å². The van der Waals surface area contributed by atoms with Gasteiger partial charge >= 0.3 is 0 Å². The zero-order chi connectivity index (χ0) is 14.1. The summed E-state index contributed by atoms with van der Waals surface area (Å²) in [5.74, 6) is 1.55. The maximum Gasteiger partial charge on any atom is 0.191 e. The normalized spacial score (nSPS) is 11.2. The molecular weight excluding hydrogens is 363 g/mol. The molecule has 0 unspecified atom stereocenters. The lowest BCUT2D eigenvalue weighted by atomic mass is 10.0. The second-order valence-corrected chi connectivity index (χ2v) is 4.76. The summed E-state index contributed by atoms with van der Waals surface area (Å²) in [5.41, 5.74) is 2.07. The molecular formula is C15H27IN4. The predicted molar refractivity (Wildman–Crippen MR) is 96.7 cm³/mol. The van der Waals surface area contributed by atoms with Gasteiger partial charge in [-0.25, -0.2) is 0 Å². The molecule has 1 rings (SSSR count). The molecule has 114 valence electrons. The zero-order valence-corrected chi connectivity index (χ0v) is 15.3. The quantitative estimate of drug-likeness (QED) is 0.446. The van der Waals surface area contributed by atoms with Gasteiger partial charge in [0.2, 0.25) is 0 Å². The van der Waals surface area contributed by atoms with E-state index in [0.717, 1.165) is 23.9 Å². The van der Waals surface area contributed by atoms with Gasteiger partial charge in [-0.15, -0.1) is 24.0 Å². The molecule has 20 heavy (non-hydrogen) atoms. The van der Waals surface area contributed by atoms with E-state index in [-0.39, 0.29) is 24.0 Å². The first kappa shape index (κ1) is 19.1. The molecule has 0 aliphatic rings. The average Bonchev–Trinajstić information content (AvgIpc) is 2.43. The van der Waals surface area contributed by atoms with Gasteiger partial charge in [0.15, 0.2) is 5.96 Å². The van der Waals surface area contributed by atoms with Crippen molar-refractivity contribution < 1.29 is 0 Å². The van der Waals surface area contributed by atoms with Crippen LogP contribution in [0.15, 0.2) is 23.2 Å². The Balaban J connectivity index is 0.00000361. The lowest BCUT2D eigenvalue weighted by Crippen LogP contribution is -2.39. The number of aliphatic imine (C=N–C) groups is 1. The van der Waals surface area contributed by atoms with Gasteiger partial charge in [0.05, 0.1) is 12.2 Å². The highest BCUT2D eigenvalue weighted by atomic mass is 127. The van der Waals surface area contributed by atoms with Crippen molar-refractivity contribution in [3.63, 3.8) is 0 Å². The lowest BCUT2D eigenvalue weighted by Gasteiger charge is -2.16. The third-order valence-electron chi connectivity index (χ3n) is 3.32. The monoisotopic (exact) mass is 390 g/mol. The van der Waals surface area contributed by atoms with E-state index in [1.165, 1.54) is 12.8 Å². The largest absolute Gasteiger partial charge is 0.356 e. The van der Waals surface area contributed by atoms with Crippen molar-refractivity contribution in [2.45, 2.75) is 40.2 Å². The summed E-state index contributed by atoms with van der Waals surface area (Å²) in [7, 11) is 1.80. The van der Waals surface area contributed by atoms with Gasteiger partial charge in [-0.1, -0.05) is 32.8 Å². The van der Waals surface area contributed by atoms with Crippen LogP contribution in [-0.4, -0.2) is 24.5 Å². The number of hydrogen-bond donors (Lipinski definition) is 2. The number of guanidine groups is 1. The van der Waals surface area contributed by atoms with Crippen molar-refractivity contribution in [2.24, 2.45) is 10.9 Å². The highest BCUT2D eigenvalue weighted by molar-refractivity contribution is 14.0. The molecule has 0 aliphatic heterocycles. The van der Waals surface area contributed by atoms with Crippen LogP contribution in [0.5, 0.6) is 0 Å². The Bertz CT molecular complexity index is 403. The van der Waals surface area contributed by atoms with E-state index >= 15 is 0 Å². The summed E-state index contributed by atoms with van der Waals surface area (Å²) < 4.78 is 0. The first-order valence-electron chi connectivity index (χ1n) is 7.06. The van der Waals surface area contributed by atoms with Crippen molar-refractivity contribution in [1.29, 1.82) is 0 Å². The molecule has 1 aromatic rings. The minimum Gasteiger partial charge on any atom is -0.356 e. The molecule has 0 radical (unpaired) electrons. The van der Waals surface area contributed by atoms with E-state index in [4.69, 9.17) is 0 Å². The Morgan fingerprint density at radius 1 is 1.25 bits per heavy atom. The molecule has 0 spiro atoms. The van der Waals surface area contributed by atoms with Gasteiger partial charge in [-0.3, -0.25) is 9.98 Å². The molecule has 0 aromatic carbocycles. The average molecular weight is 390 g/mol. The van der Waals surface area contributed by atoms with E-state index in [1.54, 1.807) is 7.05 Å². The van der Waals surface area contributed by atoms with Crippen molar-refractivity contribution in [3.8, 4) is 0 Å². The fourth-order valence-electron chi connectivity index (χ4n) is 1.91. The molecule has 1 heterocycles. The van der Waals surface area contributed by atoms with Crippen molar-refractivity contribution in [1.82, 2.24) is 15.6 Å². The molecule has 1 aromatic heterocycles.